The Labute approximate surface area is 212 Å². The van der Waals surface area contributed by atoms with E-state index >= 15 is 0 Å². The van der Waals surface area contributed by atoms with Gasteiger partial charge in [0.2, 0.25) is 5.91 Å². The molecule has 0 spiro atoms. The van der Waals surface area contributed by atoms with Gasteiger partial charge >= 0.3 is 6.03 Å². The first kappa shape index (κ1) is 23.5. The van der Waals surface area contributed by atoms with Crippen molar-refractivity contribution in [2.24, 2.45) is 28.6 Å². The van der Waals surface area contributed by atoms with Crippen LogP contribution in [-0.4, -0.2) is 66.1 Å². The molecule has 8 heteroatoms. The number of hydrogen-bond donors (Lipinski definition) is 1. The molecule has 35 heavy (non-hydrogen) atoms. The van der Waals surface area contributed by atoms with Crippen molar-refractivity contribution < 1.29 is 14.3 Å². The summed E-state index contributed by atoms with van der Waals surface area (Å²) >= 11 is 1.56. The lowest BCUT2D eigenvalue weighted by Crippen LogP contribution is -2.59. The first-order valence-corrected chi connectivity index (χ1v) is 14.2. The van der Waals surface area contributed by atoms with Crippen LogP contribution in [-0.2, 0) is 9.53 Å². The number of likely N-dealkylation sites (N-methyl/N-ethyl adjacent to an activating group) is 1. The number of morpholine rings is 1. The minimum atomic E-state index is -0.0702. The number of carbonyl (C=O) groups excluding carboxylic acids is 2. The molecule has 0 radical (unpaired) electrons. The number of thiazole rings is 1. The molecule has 7 atom stereocenters. The Balaban J connectivity index is 1.19. The highest BCUT2D eigenvalue weighted by Gasteiger charge is 2.60. The largest absolute Gasteiger partial charge is 0.378 e. The van der Waals surface area contributed by atoms with Gasteiger partial charge in [-0.15, -0.1) is 11.3 Å². The van der Waals surface area contributed by atoms with Gasteiger partial charge in [-0.1, -0.05) is 19.9 Å². The molecule has 6 rings (SSSR count). The Bertz CT molecular complexity index is 1040. The van der Waals surface area contributed by atoms with Gasteiger partial charge in [0.15, 0.2) is 5.13 Å². The number of aromatic nitrogens is 1. The van der Waals surface area contributed by atoms with Crippen LogP contribution in [0.3, 0.4) is 0 Å². The monoisotopic (exact) mass is 498 g/mol. The van der Waals surface area contributed by atoms with Crippen molar-refractivity contribution in [1.29, 1.82) is 0 Å². The van der Waals surface area contributed by atoms with Gasteiger partial charge in [0.05, 0.1) is 18.9 Å². The lowest BCUT2D eigenvalue weighted by Gasteiger charge is -2.60. The van der Waals surface area contributed by atoms with Crippen molar-refractivity contribution in [2.75, 3.05) is 38.7 Å². The smallest absolute Gasteiger partial charge is 0.323 e. The summed E-state index contributed by atoms with van der Waals surface area (Å²) < 4.78 is 5.36. The van der Waals surface area contributed by atoms with Crippen LogP contribution in [0.25, 0.3) is 0 Å². The van der Waals surface area contributed by atoms with Gasteiger partial charge in [-0.05, 0) is 67.8 Å². The molecule has 3 amide bonds. The number of nitrogens with zero attached hydrogens (tertiary/aromatic N) is 3. The predicted octanol–water partition coefficient (Wildman–Crippen LogP) is 4.73. The highest BCUT2D eigenvalue weighted by atomic mass is 32.1. The lowest BCUT2D eigenvalue weighted by atomic mass is 9.47. The van der Waals surface area contributed by atoms with E-state index in [4.69, 9.17) is 9.72 Å². The number of amides is 3. The third-order valence-electron chi connectivity index (χ3n) is 10.5. The summed E-state index contributed by atoms with van der Waals surface area (Å²) in [5, 5.41) is 5.92. The zero-order chi connectivity index (χ0) is 24.4. The van der Waals surface area contributed by atoms with E-state index in [9.17, 15) is 9.59 Å². The average Bonchev–Trinajstić information content (AvgIpc) is 3.45. The SMILES string of the molecule is CN1C(=O)C=C[C@]2(C)[C@H]3CC[C@]4(C)[C@@H](c5csc(NC(=O)N6CCOCC6)n5)CC[C@H]4[C@@H]3CC[C@@H]12. The van der Waals surface area contributed by atoms with Crippen LogP contribution in [0, 0.1) is 28.6 Å². The van der Waals surface area contributed by atoms with Crippen molar-refractivity contribution in [2.45, 2.75) is 64.3 Å². The van der Waals surface area contributed by atoms with E-state index in [1.165, 1.54) is 37.8 Å². The van der Waals surface area contributed by atoms with Crippen LogP contribution < -0.4 is 5.32 Å². The second kappa shape index (κ2) is 8.58. The molecular weight excluding hydrogens is 460 g/mol. The van der Waals surface area contributed by atoms with Crippen LogP contribution >= 0.6 is 11.3 Å². The standard InChI is InChI=1S/C27H38N4O3S/c1-26-10-8-19-17(4-7-22-27(19,2)11-9-23(32)30(22)3)18(26)5-6-20(26)21-16-35-24(28-21)29-25(33)31-12-14-34-15-13-31/h9,11,16-20,22H,4-8,10,12-15H2,1-3H3,(H,28,29,33)/t17-,18-,19-,20+,22+,26-,27+/m0/s1. The Morgan fingerprint density at radius 1 is 1.14 bits per heavy atom. The molecule has 0 unspecified atom stereocenters. The highest BCUT2D eigenvalue weighted by Crippen LogP contribution is 2.67. The number of rotatable bonds is 2. The maximum Gasteiger partial charge on any atom is 0.323 e. The molecule has 3 aliphatic carbocycles. The van der Waals surface area contributed by atoms with Gasteiger partial charge in [-0.25, -0.2) is 9.78 Å². The molecule has 5 aliphatic rings. The first-order valence-electron chi connectivity index (χ1n) is 13.4. The molecule has 3 saturated carbocycles. The number of urea groups is 1. The average molecular weight is 499 g/mol. The van der Waals surface area contributed by atoms with Gasteiger partial charge in [0, 0.05) is 42.9 Å². The van der Waals surface area contributed by atoms with Crippen molar-refractivity contribution in [3.8, 4) is 0 Å². The van der Waals surface area contributed by atoms with Crippen LogP contribution in [0.2, 0.25) is 0 Å². The van der Waals surface area contributed by atoms with E-state index in [1.54, 1.807) is 16.2 Å². The Morgan fingerprint density at radius 2 is 1.94 bits per heavy atom. The zero-order valence-corrected chi connectivity index (χ0v) is 22.0. The summed E-state index contributed by atoms with van der Waals surface area (Å²) in [5.41, 5.74) is 1.51. The van der Waals surface area contributed by atoms with E-state index in [1.807, 2.05) is 18.0 Å². The van der Waals surface area contributed by atoms with Crippen molar-refractivity contribution in [1.82, 2.24) is 14.8 Å². The second-order valence-electron chi connectivity index (χ2n) is 11.9. The Kier molecular flexibility index (Phi) is 5.75. The second-order valence-corrected chi connectivity index (χ2v) is 12.8. The van der Waals surface area contributed by atoms with Crippen molar-refractivity contribution >= 4 is 28.4 Å². The molecule has 3 heterocycles. The molecule has 0 aromatic carbocycles. The molecule has 190 valence electrons. The van der Waals surface area contributed by atoms with Gasteiger partial charge in [-0.2, -0.15) is 0 Å². The van der Waals surface area contributed by atoms with Gasteiger partial charge in [-0.3, -0.25) is 10.1 Å². The summed E-state index contributed by atoms with van der Waals surface area (Å²) in [6.07, 6.45) is 11.3. The highest BCUT2D eigenvalue weighted by molar-refractivity contribution is 7.13. The molecular formula is C27H38N4O3S. The third kappa shape index (κ3) is 3.66. The van der Waals surface area contributed by atoms with Crippen LogP contribution in [0.1, 0.15) is 64.0 Å². The topological polar surface area (TPSA) is 74.8 Å². The number of ether oxygens (including phenoxy) is 1. The maximum absolute atomic E-state index is 12.6. The quantitative estimate of drug-likeness (QED) is 0.640. The van der Waals surface area contributed by atoms with E-state index in [0.717, 1.165) is 6.42 Å². The molecule has 2 aliphatic heterocycles. The van der Waals surface area contributed by atoms with Gasteiger partial charge in [0.25, 0.3) is 0 Å². The lowest BCUT2D eigenvalue weighted by molar-refractivity contribution is -0.138. The number of anilines is 1. The summed E-state index contributed by atoms with van der Waals surface area (Å²) in [5.74, 6) is 2.67. The first-order chi connectivity index (χ1) is 16.8. The summed E-state index contributed by atoms with van der Waals surface area (Å²) in [6.45, 7) is 7.39. The van der Waals surface area contributed by atoms with Gasteiger partial charge < -0.3 is 14.5 Å². The summed E-state index contributed by atoms with van der Waals surface area (Å²) in [6, 6.07) is 0.262. The molecule has 1 aromatic heterocycles. The van der Waals surface area contributed by atoms with E-state index in [0.29, 0.717) is 61.1 Å². The Morgan fingerprint density at radius 3 is 2.74 bits per heavy atom. The van der Waals surface area contributed by atoms with E-state index in [2.05, 4.69) is 30.6 Å². The summed E-state index contributed by atoms with van der Waals surface area (Å²) in [7, 11) is 1.99. The van der Waals surface area contributed by atoms with Crippen molar-refractivity contribution in [3.05, 3.63) is 23.2 Å². The normalized spacial score (nSPS) is 40.8. The van der Waals surface area contributed by atoms with Crippen molar-refractivity contribution in [3.63, 3.8) is 0 Å². The molecule has 1 N–H and O–H groups in total. The van der Waals surface area contributed by atoms with E-state index < -0.39 is 0 Å². The molecule has 7 nitrogen and oxygen atoms in total. The number of hydrogen-bond acceptors (Lipinski definition) is 5. The number of fused-ring (bicyclic) bond motifs is 5. The fourth-order valence-electron chi connectivity index (χ4n) is 8.66. The maximum atomic E-state index is 12.6. The fraction of sp³-hybridized carbons (Fsp3) is 0.741. The molecule has 1 saturated heterocycles. The minimum Gasteiger partial charge on any atom is -0.378 e. The predicted molar refractivity (Wildman–Crippen MR) is 136 cm³/mol. The molecule has 0 bridgehead atoms. The van der Waals surface area contributed by atoms with Crippen LogP contribution in [0.5, 0.6) is 0 Å². The fourth-order valence-corrected chi connectivity index (χ4v) is 9.42. The summed E-state index contributed by atoms with van der Waals surface area (Å²) in [4.78, 5) is 33.7. The van der Waals surface area contributed by atoms with Gasteiger partial charge in [0.1, 0.15) is 0 Å². The minimum absolute atomic E-state index is 0.0702. The number of nitrogens with one attached hydrogen (secondary N) is 1. The van der Waals surface area contributed by atoms with Crippen LogP contribution in [0.15, 0.2) is 17.5 Å². The molecule has 4 fully saturated rings. The van der Waals surface area contributed by atoms with E-state index in [-0.39, 0.29) is 22.8 Å². The molecule has 1 aromatic rings. The van der Waals surface area contributed by atoms with Crippen LogP contribution in [0.4, 0.5) is 9.93 Å². The zero-order valence-electron chi connectivity index (χ0n) is 21.2. The third-order valence-corrected chi connectivity index (χ3v) is 11.3. The Hall–Kier alpha value is -1.93. The number of carbonyl (C=O) groups is 2.